The summed E-state index contributed by atoms with van der Waals surface area (Å²) in [5.41, 5.74) is 2.25. The van der Waals surface area contributed by atoms with Gasteiger partial charge in [0.1, 0.15) is 17.5 Å². The molecule has 8 nitrogen and oxygen atoms in total. The van der Waals surface area contributed by atoms with Crippen LogP contribution in [-0.2, 0) is 15.0 Å². The average molecular weight is 519 g/mol. The number of hydrogen-bond donors (Lipinski definition) is 3. The number of β-lactam (4-membered cyclic amide) rings is 1. The number of rotatable bonds is 7. The second-order valence-electron chi connectivity index (χ2n) is 10.5. The largest absolute Gasteiger partial charge is 0.480 e. The van der Waals surface area contributed by atoms with Crippen molar-refractivity contribution in [2.75, 3.05) is 19.6 Å². The molecule has 3 amide bonds. The van der Waals surface area contributed by atoms with E-state index < -0.39 is 28.8 Å². The molecule has 9 heteroatoms. The van der Waals surface area contributed by atoms with Crippen LogP contribution in [0.4, 0.5) is 4.79 Å². The van der Waals surface area contributed by atoms with Crippen molar-refractivity contribution in [3.63, 3.8) is 0 Å². The van der Waals surface area contributed by atoms with E-state index in [0.717, 1.165) is 5.56 Å². The highest BCUT2D eigenvalue weighted by Crippen LogP contribution is 2.50. The first-order valence-corrected chi connectivity index (χ1v) is 13.4. The molecule has 3 N–H and O–H groups in total. The van der Waals surface area contributed by atoms with Crippen molar-refractivity contribution in [1.29, 1.82) is 0 Å². The standard InChI is InChI=1S/C21H27N3O4S.C6H15N/c1-20(2,3)13-8-6-12(7-9-13)10-11-22-19(28)23-14-16(25)24-15(18(26)27)21(4,5)29-17(14)24;1-4-7(5-2)6-3/h6-11,14-15,17H,1-5H3,(H,26,27)(H2,22,23,28);4-6H2,1-3H3/b11-10+;/t14?,15-,17?;/m0./s1. The van der Waals surface area contributed by atoms with Crippen LogP contribution in [0.1, 0.15) is 66.5 Å². The Balaban J connectivity index is 0.000000572. The van der Waals surface area contributed by atoms with Crippen LogP contribution in [0.2, 0.25) is 0 Å². The number of amides is 3. The van der Waals surface area contributed by atoms with Crippen LogP contribution in [0.15, 0.2) is 30.5 Å². The number of urea groups is 1. The Labute approximate surface area is 219 Å². The maximum absolute atomic E-state index is 12.4. The van der Waals surface area contributed by atoms with Crippen LogP contribution >= 0.6 is 11.8 Å². The smallest absolute Gasteiger partial charge is 0.327 e. The van der Waals surface area contributed by atoms with Gasteiger partial charge in [0.2, 0.25) is 5.91 Å². The normalized spacial score (nSPS) is 22.5. The van der Waals surface area contributed by atoms with Gasteiger partial charge >= 0.3 is 12.0 Å². The van der Waals surface area contributed by atoms with E-state index in [4.69, 9.17) is 0 Å². The first kappa shape index (κ1) is 29.7. The Hall–Kier alpha value is -2.52. The fourth-order valence-electron chi connectivity index (χ4n) is 4.31. The summed E-state index contributed by atoms with van der Waals surface area (Å²) in [6, 6.07) is 5.96. The second kappa shape index (κ2) is 12.1. The topological polar surface area (TPSA) is 102 Å². The zero-order valence-corrected chi connectivity index (χ0v) is 23.6. The molecule has 0 spiro atoms. The minimum absolute atomic E-state index is 0.0794. The molecule has 2 saturated heterocycles. The summed E-state index contributed by atoms with van der Waals surface area (Å²) in [6.07, 6.45) is 3.29. The van der Waals surface area contributed by atoms with Crippen molar-refractivity contribution < 1.29 is 19.5 Å². The van der Waals surface area contributed by atoms with Crippen molar-refractivity contribution in [2.45, 2.75) is 83.0 Å². The molecule has 3 atom stereocenters. The fraction of sp³-hybridized carbons (Fsp3) is 0.593. The van der Waals surface area contributed by atoms with Crippen LogP contribution < -0.4 is 10.6 Å². The number of aliphatic carboxylic acids is 1. The van der Waals surface area contributed by atoms with Crippen molar-refractivity contribution >= 4 is 35.7 Å². The molecule has 2 aliphatic rings. The Morgan fingerprint density at radius 1 is 1.11 bits per heavy atom. The zero-order valence-electron chi connectivity index (χ0n) is 22.8. The summed E-state index contributed by atoms with van der Waals surface area (Å²) < 4.78 is -0.613. The van der Waals surface area contributed by atoms with Gasteiger partial charge in [0.25, 0.3) is 0 Å². The number of nitrogens with zero attached hydrogens (tertiary/aromatic N) is 2. The molecule has 36 heavy (non-hydrogen) atoms. The minimum Gasteiger partial charge on any atom is -0.480 e. The highest BCUT2D eigenvalue weighted by atomic mass is 32.2. The SMILES string of the molecule is CC(C)(C)c1ccc(/C=C/NC(=O)NC2C(=O)N3C2SC(C)(C)[C@@H]3C(=O)O)cc1.CCN(CC)CC. The lowest BCUT2D eigenvalue weighted by molar-refractivity contribution is -0.159. The van der Waals surface area contributed by atoms with Crippen LogP contribution in [0.5, 0.6) is 0 Å². The number of carboxylic acids is 1. The quantitative estimate of drug-likeness (QED) is 0.470. The molecule has 2 heterocycles. The number of thioether (sulfide) groups is 1. The summed E-state index contributed by atoms with van der Waals surface area (Å²) in [4.78, 5) is 39.8. The van der Waals surface area contributed by atoms with Crippen molar-refractivity contribution in [1.82, 2.24) is 20.4 Å². The van der Waals surface area contributed by atoms with Crippen LogP contribution in [0, 0.1) is 0 Å². The average Bonchev–Trinajstić information content (AvgIpc) is 3.07. The molecule has 0 aliphatic carbocycles. The monoisotopic (exact) mass is 518 g/mol. The van der Waals surface area contributed by atoms with Gasteiger partial charge in [-0.15, -0.1) is 11.8 Å². The molecule has 2 aliphatic heterocycles. The van der Waals surface area contributed by atoms with E-state index in [-0.39, 0.29) is 16.7 Å². The van der Waals surface area contributed by atoms with Gasteiger partial charge in [-0.2, -0.15) is 0 Å². The Kier molecular flexibility index (Phi) is 10.0. The summed E-state index contributed by atoms with van der Waals surface area (Å²) >= 11 is 1.40. The molecule has 2 fully saturated rings. The Bertz CT molecular complexity index is 946. The molecule has 0 aromatic heterocycles. The van der Waals surface area contributed by atoms with Gasteiger partial charge in [-0.05, 0) is 56.1 Å². The van der Waals surface area contributed by atoms with Gasteiger partial charge in [-0.25, -0.2) is 9.59 Å². The van der Waals surface area contributed by atoms with Crippen LogP contribution in [0.3, 0.4) is 0 Å². The van der Waals surface area contributed by atoms with Crippen LogP contribution in [-0.4, -0.2) is 74.7 Å². The molecule has 0 radical (unpaired) electrons. The number of carbonyl (C=O) groups excluding carboxylic acids is 2. The van der Waals surface area contributed by atoms with E-state index in [1.807, 2.05) is 12.1 Å². The highest BCUT2D eigenvalue weighted by molar-refractivity contribution is 8.01. The van der Waals surface area contributed by atoms with Gasteiger partial charge in [-0.1, -0.05) is 65.8 Å². The lowest BCUT2D eigenvalue weighted by atomic mass is 9.87. The van der Waals surface area contributed by atoms with E-state index in [1.165, 1.54) is 48.1 Å². The van der Waals surface area contributed by atoms with E-state index in [0.29, 0.717) is 0 Å². The van der Waals surface area contributed by atoms with Crippen molar-refractivity contribution in [3.05, 3.63) is 41.6 Å². The number of hydrogen-bond acceptors (Lipinski definition) is 5. The molecule has 0 bridgehead atoms. The van der Waals surface area contributed by atoms with Crippen molar-refractivity contribution in [3.8, 4) is 0 Å². The maximum Gasteiger partial charge on any atom is 0.327 e. The molecular weight excluding hydrogens is 476 g/mol. The molecule has 2 unspecified atom stereocenters. The van der Waals surface area contributed by atoms with E-state index >= 15 is 0 Å². The predicted octanol–water partition coefficient (Wildman–Crippen LogP) is 4.12. The Morgan fingerprint density at radius 2 is 1.67 bits per heavy atom. The molecule has 1 aromatic rings. The summed E-state index contributed by atoms with van der Waals surface area (Å²) in [7, 11) is 0. The summed E-state index contributed by atoms with van der Waals surface area (Å²) in [5, 5.41) is 14.3. The third kappa shape index (κ3) is 7.03. The lowest BCUT2D eigenvalue weighted by Crippen LogP contribution is -2.71. The maximum atomic E-state index is 12.4. The molecule has 200 valence electrons. The summed E-state index contributed by atoms with van der Waals surface area (Å²) in [6.45, 7) is 20.2. The summed E-state index contributed by atoms with van der Waals surface area (Å²) in [5.74, 6) is -1.39. The van der Waals surface area contributed by atoms with Crippen LogP contribution in [0.25, 0.3) is 6.08 Å². The zero-order chi connectivity index (χ0) is 27.3. The first-order chi connectivity index (χ1) is 16.8. The minimum atomic E-state index is -1.03. The third-order valence-corrected chi connectivity index (χ3v) is 8.14. The molecule has 3 rings (SSSR count). The van der Waals surface area contributed by atoms with Gasteiger partial charge in [-0.3, -0.25) is 4.79 Å². The Morgan fingerprint density at radius 3 is 2.11 bits per heavy atom. The lowest BCUT2D eigenvalue weighted by Gasteiger charge is -2.43. The molecular formula is C27H42N4O4S. The van der Waals surface area contributed by atoms with Gasteiger partial charge in [0.15, 0.2) is 0 Å². The number of carbonyl (C=O) groups is 3. The number of carboxylic acid groups (broad SMARTS) is 1. The number of benzene rings is 1. The first-order valence-electron chi connectivity index (χ1n) is 12.6. The van der Waals surface area contributed by atoms with Gasteiger partial charge in [0, 0.05) is 10.9 Å². The molecule has 1 aromatic carbocycles. The predicted molar refractivity (Wildman–Crippen MR) is 147 cm³/mol. The van der Waals surface area contributed by atoms with E-state index in [2.05, 4.69) is 69.2 Å². The number of fused-ring (bicyclic) bond motifs is 1. The molecule has 0 saturated carbocycles. The van der Waals surface area contributed by atoms with Gasteiger partial charge < -0.3 is 25.5 Å². The van der Waals surface area contributed by atoms with Crippen molar-refractivity contribution in [2.24, 2.45) is 0 Å². The third-order valence-electron chi connectivity index (χ3n) is 6.57. The fourth-order valence-corrected chi connectivity index (χ4v) is 5.93. The second-order valence-corrected chi connectivity index (χ2v) is 12.3. The van der Waals surface area contributed by atoms with E-state index in [1.54, 1.807) is 19.9 Å². The highest BCUT2D eigenvalue weighted by Gasteiger charge is 2.64. The van der Waals surface area contributed by atoms with Gasteiger partial charge in [0.05, 0.1) is 0 Å². The van der Waals surface area contributed by atoms with E-state index in [9.17, 15) is 19.5 Å². The number of nitrogens with one attached hydrogen (secondary N) is 2.